The molecule has 1 saturated heterocycles. The maximum atomic E-state index is 12.4. The molecule has 2 heterocycles. The first kappa shape index (κ1) is 18.1. The Kier molecular flexibility index (Phi) is 5.05. The van der Waals surface area contributed by atoms with Crippen LogP contribution in [0.15, 0.2) is 40.2 Å². The summed E-state index contributed by atoms with van der Waals surface area (Å²) >= 11 is 0. The van der Waals surface area contributed by atoms with Crippen molar-refractivity contribution < 1.29 is 23.1 Å². The van der Waals surface area contributed by atoms with Crippen molar-refractivity contribution in [2.24, 2.45) is 0 Å². The number of carboxylic acid groups (broad SMARTS) is 1. The van der Waals surface area contributed by atoms with Gasteiger partial charge in [-0.2, -0.15) is 4.31 Å². The summed E-state index contributed by atoms with van der Waals surface area (Å²) in [7, 11) is -3.48. The van der Waals surface area contributed by atoms with Gasteiger partial charge in [0.2, 0.25) is 10.0 Å². The van der Waals surface area contributed by atoms with Crippen LogP contribution in [0.25, 0.3) is 0 Å². The maximum Gasteiger partial charge on any atom is 0.342 e. The molecule has 0 amide bonds. The van der Waals surface area contributed by atoms with Crippen molar-refractivity contribution >= 4 is 16.0 Å². The van der Waals surface area contributed by atoms with Gasteiger partial charge < -0.3 is 14.8 Å². The standard InChI is InChI=1S/C16H17N3O6S/c20-15-13(16(21)22)9-17-14(18-15)10-25-11-3-5-12(6-4-11)26(23,24)19-7-1-2-8-19/h3-6,9H,1-2,7-8,10H2,(H,21,22)(H,17,18,20). The first-order valence-corrected chi connectivity index (χ1v) is 9.36. The number of rotatable bonds is 6. The molecule has 1 aromatic carbocycles. The molecule has 0 aliphatic carbocycles. The van der Waals surface area contributed by atoms with E-state index in [0.717, 1.165) is 19.0 Å². The van der Waals surface area contributed by atoms with Crippen LogP contribution in [0, 0.1) is 0 Å². The normalized spacial score (nSPS) is 15.1. The zero-order valence-electron chi connectivity index (χ0n) is 13.7. The number of H-pyrrole nitrogens is 1. The number of benzene rings is 1. The highest BCUT2D eigenvalue weighted by Gasteiger charge is 2.26. The molecule has 1 aliphatic rings. The third-order valence-corrected chi connectivity index (χ3v) is 5.90. The van der Waals surface area contributed by atoms with E-state index < -0.39 is 27.1 Å². The Balaban J connectivity index is 1.67. The molecule has 0 unspecified atom stereocenters. The van der Waals surface area contributed by atoms with Crippen molar-refractivity contribution in [3.8, 4) is 5.75 Å². The quantitative estimate of drug-likeness (QED) is 0.760. The van der Waals surface area contributed by atoms with Crippen LogP contribution in [-0.2, 0) is 16.6 Å². The molecule has 26 heavy (non-hydrogen) atoms. The van der Waals surface area contributed by atoms with Crippen LogP contribution in [0.2, 0.25) is 0 Å². The van der Waals surface area contributed by atoms with Gasteiger partial charge in [-0.1, -0.05) is 0 Å². The minimum absolute atomic E-state index is 0.0899. The smallest absolute Gasteiger partial charge is 0.342 e. The molecule has 0 radical (unpaired) electrons. The lowest BCUT2D eigenvalue weighted by Gasteiger charge is -2.15. The fourth-order valence-corrected chi connectivity index (χ4v) is 4.11. The Hall–Kier alpha value is -2.72. The predicted octanol–water partition coefficient (Wildman–Crippen LogP) is 0.832. The van der Waals surface area contributed by atoms with E-state index >= 15 is 0 Å². The van der Waals surface area contributed by atoms with Gasteiger partial charge >= 0.3 is 5.97 Å². The second kappa shape index (κ2) is 7.26. The van der Waals surface area contributed by atoms with E-state index in [4.69, 9.17) is 9.84 Å². The van der Waals surface area contributed by atoms with Crippen LogP contribution in [-0.4, -0.2) is 46.9 Å². The number of nitrogens with one attached hydrogen (secondary N) is 1. The van der Waals surface area contributed by atoms with Crippen molar-refractivity contribution in [2.75, 3.05) is 13.1 Å². The average Bonchev–Trinajstić information content (AvgIpc) is 3.15. The Labute approximate surface area is 149 Å². The second-order valence-electron chi connectivity index (χ2n) is 5.75. The predicted molar refractivity (Wildman–Crippen MR) is 90.6 cm³/mol. The van der Waals surface area contributed by atoms with E-state index in [-0.39, 0.29) is 17.3 Å². The number of sulfonamides is 1. The van der Waals surface area contributed by atoms with Crippen molar-refractivity contribution in [1.82, 2.24) is 14.3 Å². The Morgan fingerprint density at radius 3 is 2.46 bits per heavy atom. The molecule has 1 aliphatic heterocycles. The van der Waals surface area contributed by atoms with Crippen molar-refractivity contribution in [2.45, 2.75) is 24.3 Å². The summed E-state index contributed by atoms with van der Waals surface area (Å²) in [4.78, 5) is 28.7. The molecular formula is C16H17N3O6S. The second-order valence-corrected chi connectivity index (χ2v) is 7.69. The zero-order chi connectivity index (χ0) is 18.7. The lowest BCUT2D eigenvalue weighted by Crippen LogP contribution is -2.27. The van der Waals surface area contributed by atoms with Crippen LogP contribution in [0.5, 0.6) is 5.75 Å². The first-order chi connectivity index (χ1) is 12.4. The monoisotopic (exact) mass is 379 g/mol. The number of hydrogen-bond donors (Lipinski definition) is 2. The maximum absolute atomic E-state index is 12.4. The van der Waals surface area contributed by atoms with Crippen LogP contribution < -0.4 is 10.3 Å². The van der Waals surface area contributed by atoms with Gasteiger partial charge in [0, 0.05) is 19.3 Å². The van der Waals surface area contributed by atoms with Crippen LogP contribution in [0.1, 0.15) is 29.0 Å². The van der Waals surface area contributed by atoms with Gasteiger partial charge in [0.1, 0.15) is 23.7 Å². The van der Waals surface area contributed by atoms with Gasteiger partial charge in [0.25, 0.3) is 5.56 Å². The number of aromatic amines is 1. The van der Waals surface area contributed by atoms with Gasteiger partial charge in [-0.15, -0.1) is 0 Å². The first-order valence-electron chi connectivity index (χ1n) is 7.92. The zero-order valence-corrected chi connectivity index (χ0v) is 14.5. The number of ether oxygens (including phenoxy) is 1. The number of carboxylic acids is 1. The van der Waals surface area contributed by atoms with E-state index in [1.807, 2.05) is 0 Å². The SMILES string of the molecule is O=C(O)c1cnc(COc2ccc(S(=O)(=O)N3CCCC3)cc2)[nH]c1=O. The van der Waals surface area contributed by atoms with E-state index in [1.54, 1.807) is 0 Å². The Morgan fingerprint density at radius 1 is 1.23 bits per heavy atom. The van der Waals surface area contributed by atoms with Crippen LogP contribution in [0.3, 0.4) is 0 Å². The number of aromatic nitrogens is 2. The van der Waals surface area contributed by atoms with E-state index in [9.17, 15) is 18.0 Å². The highest BCUT2D eigenvalue weighted by molar-refractivity contribution is 7.89. The van der Waals surface area contributed by atoms with E-state index in [0.29, 0.717) is 18.8 Å². The lowest BCUT2D eigenvalue weighted by molar-refractivity contribution is 0.0694. The number of nitrogens with zero attached hydrogens (tertiary/aromatic N) is 2. The van der Waals surface area contributed by atoms with Gasteiger partial charge in [-0.3, -0.25) is 4.79 Å². The molecule has 3 rings (SSSR count). The summed E-state index contributed by atoms with van der Waals surface area (Å²) in [5.74, 6) is -0.801. The fraction of sp³-hybridized carbons (Fsp3) is 0.312. The van der Waals surface area contributed by atoms with E-state index in [2.05, 4.69) is 9.97 Å². The fourth-order valence-electron chi connectivity index (χ4n) is 2.59. The van der Waals surface area contributed by atoms with Crippen molar-refractivity contribution in [1.29, 1.82) is 0 Å². The summed E-state index contributed by atoms with van der Waals surface area (Å²) in [5, 5.41) is 8.79. The number of carbonyl (C=O) groups is 1. The van der Waals surface area contributed by atoms with E-state index in [1.165, 1.54) is 28.6 Å². The highest BCUT2D eigenvalue weighted by Crippen LogP contribution is 2.23. The number of hydrogen-bond acceptors (Lipinski definition) is 6. The number of aromatic carboxylic acids is 1. The molecule has 0 spiro atoms. The molecule has 2 aromatic rings. The highest BCUT2D eigenvalue weighted by atomic mass is 32.2. The minimum Gasteiger partial charge on any atom is -0.486 e. The molecule has 0 saturated carbocycles. The van der Waals surface area contributed by atoms with Gasteiger partial charge in [-0.05, 0) is 37.1 Å². The van der Waals surface area contributed by atoms with Gasteiger partial charge in [0.15, 0.2) is 0 Å². The summed E-state index contributed by atoms with van der Waals surface area (Å²) in [6, 6.07) is 5.97. The molecule has 0 bridgehead atoms. The average molecular weight is 379 g/mol. The topological polar surface area (TPSA) is 130 Å². The van der Waals surface area contributed by atoms with Gasteiger partial charge in [-0.25, -0.2) is 18.2 Å². The summed E-state index contributed by atoms with van der Waals surface area (Å²) < 4.78 is 31.8. The lowest BCUT2D eigenvalue weighted by atomic mass is 10.3. The molecule has 1 aromatic heterocycles. The van der Waals surface area contributed by atoms with Gasteiger partial charge in [0.05, 0.1) is 4.90 Å². The molecule has 10 heteroatoms. The third-order valence-electron chi connectivity index (χ3n) is 3.98. The molecule has 9 nitrogen and oxygen atoms in total. The molecule has 1 fully saturated rings. The summed E-state index contributed by atoms with van der Waals surface area (Å²) in [6.07, 6.45) is 2.70. The Morgan fingerprint density at radius 2 is 1.88 bits per heavy atom. The third kappa shape index (κ3) is 3.75. The molecule has 2 N–H and O–H groups in total. The Bertz CT molecular complexity index is 962. The van der Waals surface area contributed by atoms with Crippen molar-refractivity contribution in [3.63, 3.8) is 0 Å². The molecule has 0 atom stereocenters. The summed E-state index contributed by atoms with van der Waals surface area (Å²) in [6.45, 7) is 0.977. The van der Waals surface area contributed by atoms with Crippen molar-refractivity contribution in [3.05, 3.63) is 52.2 Å². The van der Waals surface area contributed by atoms with Crippen LogP contribution >= 0.6 is 0 Å². The molecule has 138 valence electrons. The molecular weight excluding hydrogens is 362 g/mol. The minimum atomic E-state index is -3.48. The van der Waals surface area contributed by atoms with Crippen LogP contribution in [0.4, 0.5) is 0 Å². The largest absolute Gasteiger partial charge is 0.486 e. The summed E-state index contributed by atoms with van der Waals surface area (Å²) in [5.41, 5.74) is -1.22.